The molecule has 2 rings (SSSR count). The highest BCUT2D eigenvalue weighted by Crippen LogP contribution is 2.29. The molecule has 1 unspecified atom stereocenters. The van der Waals surface area contributed by atoms with Crippen LogP contribution in [0.5, 0.6) is 5.75 Å². The fourth-order valence-corrected chi connectivity index (χ4v) is 2.35. The van der Waals surface area contributed by atoms with E-state index in [2.05, 4.69) is 42.6 Å². The zero-order valence-electron chi connectivity index (χ0n) is 11.8. The van der Waals surface area contributed by atoms with Gasteiger partial charge < -0.3 is 10.1 Å². The van der Waals surface area contributed by atoms with E-state index in [1.807, 2.05) is 25.2 Å². The van der Waals surface area contributed by atoms with Crippen LogP contribution in [0.4, 0.5) is 0 Å². The fourth-order valence-electron chi connectivity index (χ4n) is 2.35. The maximum absolute atomic E-state index is 5.45. The van der Waals surface area contributed by atoms with Gasteiger partial charge in [-0.1, -0.05) is 49.4 Å². The van der Waals surface area contributed by atoms with Crippen molar-refractivity contribution in [2.45, 2.75) is 19.4 Å². The number of rotatable bonds is 5. The molecule has 0 saturated carbocycles. The molecular weight excluding hydrogens is 234 g/mol. The Morgan fingerprint density at radius 2 is 1.74 bits per heavy atom. The van der Waals surface area contributed by atoms with Crippen molar-refractivity contribution in [2.24, 2.45) is 0 Å². The van der Waals surface area contributed by atoms with Gasteiger partial charge in [-0.2, -0.15) is 0 Å². The molecule has 2 aromatic carbocycles. The highest BCUT2D eigenvalue weighted by Gasteiger charge is 2.15. The van der Waals surface area contributed by atoms with Crippen molar-refractivity contribution in [3.05, 3.63) is 65.2 Å². The third-order valence-electron chi connectivity index (χ3n) is 3.46. The lowest BCUT2D eigenvalue weighted by molar-refractivity contribution is 0.405. The lowest BCUT2D eigenvalue weighted by atomic mass is 9.96. The van der Waals surface area contributed by atoms with Gasteiger partial charge in [0.15, 0.2) is 0 Å². The first-order chi connectivity index (χ1) is 9.30. The van der Waals surface area contributed by atoms with Crippen molar-refractivity contribution in [1.82, 2.24) is 5.32 Å². The van der Waals surface area contributed by atoms with Gasteiger partial charge in [-0.25, -0.2) is 0 Å². The van der Waals surface area contributed by atoms with Crippen molar-refractivity contribution >= 4 is 0 Å². The van der Waals surface area contributed by atoms with Crippen LogP contribution in [-0.2, 0) is 6.42 Å². The second kappa shape index (κ2) is 6.39. The molecule has 19 heavy (non-hydrogen) atoms. The molecule has 2 heteroatoms. The summed E-state index contributed by atoms with van der Waals surface area (Å²) in [6, 6.07) is 17.1. The van der Waals surface area contributed by atoms with Crippen LogP contribution in [0.1, 0.15) is 29.7 Å². The number of hydrogen-bond donors (Lipinski definition) is 1. The van der Waals surface area contributed by atoms with Crippen LogP contribution >= 0.6 is 0 Å². The monoisotopic (exact) mass is 255 g/mol. The molecule has 0 aromatic heterocycles. The number of ether oxygens (including phenoxy) is 1. The van der Waals surface area contributed by atoms with Crippen molar-refractivity contribution in [1.29, 1.82) is 0 Å². The summed E-state index contributed by atoms with van der Waals surface area (Å²) in [6.45, 7) is 2.17. The van der Waals surface area contributed by atoms with Crippen LogP contribution in [0, 0.1) is 0 Å². The van der Waals surface area contributed by atoms with Crippen LogP contribution in [-0.4, -0.2) is 14.2 Å². The SMILES string of the molecule is CCc1ccc(C(NC)c2ccccc2OC)cc1. The smallest absolute Gasteiger partial charge is 0.123 e. The first kappa shape index (κ1) is 13.6. The van der Waals surface area contributed by atoms with Gasteiger partial charge in [-0.15, -0.1) is 0 Å². The summed E-state index contributed by atoms with van der Waals surface area (Å²) >= 11 is 0. The van der Waals surface area contributed by atoms with Crippen molar-refractivity contribution < 1.29 is 4.74 Å². The first-order valence-corrected chi connectivity index (χ1v) is 6.69. The average molecular weight is 255 g/mol. The number of nitrogens with one attached hydrogen (secondary N) is 1. The van der Waals surface area contributed by atoms with Crippen LogP contribution < -0.4 is 10.1 Å². The van der Waals surface area contributed by atoms with E-state index in [1.54, 1.807) is 7.11 Å². The molecule has 0 amide bonds. The van der Waals surface area contributed by atoms with Crippen molar-refractivity contribution in [3.63, 3.8) is 0 Å². The lowest BCUT2D eigenvalue weighted by Crippen LogP contribution is -2.18. The van der Waals surface area contributed by atoms with E-state index in [0.29, 0.717) is 0 Å². The average Bonchev–Trinajstić information content (AvgIpc) is 2.49. The van der Waals surface area contributed by atoms with Gasteiger partial charge >= 0.3 is 0 Å². The quantitative estimate of drug-likeness (QED) is 0.882. The summed E-state index contributed by atoms with van der Waals surface area (Å²) < 4.78 is 5.45. The van der Waals surface area contributed by atoms with E-state index < -0.39 is 0 Å². The van der Waals surface area contributed by atoms with Gasteiger partial charge in [-0.3, -0.25) is 0 Å². The predicted molar refractivity (Wildman–Crippen MR) is 79.7 cm³/mol. The topological polar surface area (TPSA) is 21.3 Å². The Morgan fingerprint density at radius 3 is 2.32 bits per heavy atom. The van der Waals surface area contributed by atoms with Crippen molar-refractivity contribution in [3.8, 4) is 5.75 Å². The summed E-state index contributed by atoms with van der Waals surface area (Å²) in [5.74, 6) is 0.918. The summed E-state index contributed by atoms with van der Waals surface area (Å²) in [6.07, 6.45) is 1.07. The summed E-state index contributed by atoms with van der Waals surface area (Å²) in [7, 11) is 3.69. The molecule has 100 valence electrons. The molecule has 1 atom stereocenters. The lowest BCUT2D eigenvalue weighted by Gasteiger charge is -2.20. The maximum Gasteiger partial charge on any atom is 0.123 e. The maximum atomic E-state index is 5.45. The Hall–Kier alpha value is -1.80. The third-order valence-corrected chi connectivity index (χ3v) is 3.46. The number of aryl methyl sites for hydroxylation is 1. The summed E-state index contributed by atoms with van der Waals surface area (Å²) in [4.78, 5) is 0. The van der Waals surface area contributed by atoms with Crippen LogP contribution in [0.15, 0.2) is 48.5 Å². The molecule has 0 aliphatic carbocycles. The van der Waals surface area contributed by atoms with E-state index in [0.717, 1.165) is 17.7 Å². The van der Waals surface area contributed by atoms with E-state index in [-0.39, 0.29) is 6.04 Å². The molecule has 0 heterocycles. The molecule has 0 aliphatic heterocycles. The molecular formula is C17H21NO. The number of hydrogen-bond acceptors (Lipinski definition) is 2. The number of para-hydroxylation sites is 1. The zero-order chi connectivity index (χ0) is 13.7. The Morgan fingerprint density at radius 1 is 1.05 bits per heavy atom. The molecule has 0 aliphatic rings. The Kier molecular flexibility index (Phi) is 4.58. The molecule has 0 fully saturated rings. The highest BCUT2D eigenvalue weighted by atomic mass is 16.5. The summed E-state index contributed by atoms with van der Waals surface area (Å²) in [5.41, 5.74) is 3.78. The Bertz CT molecular complexity index is 519. The molecule has 2 nitrogen and oxygen atoms in total. The third kappa shape index (κ3) is 2.96. The van der Waals surface area contributed by atoms with Crippen molar-refractivity contribution in [2.75, 3.05) is 14.2 Å². The second-order valence-corrected chi connectivity index (χ2v) is 4.56. The standard InChI is InChI=1S/C17H21NO/c1-4-13-9-11-14(12-10-13)17(18-2)15-7-5-6-8-16(15)19-3/h5-12,17-18H,4H2,1-3H3. The Labute approximate surface area is 115 Å². The van der Waals surface area contributed by atoms with E-state index >= 15 is 0 Å². The Balaban J connectivity index is 2.37. The van der Waals surface area contributed by atoms with E-state index in [9.17, 15) is 0 Å². The van der Waals surface area contributed by atoms with Gasteiger partial charge in [0.05, 0.1) is 13.2 Å². The molecule has 0 bridgehead atoms. The second-order valence-electron chi connectivity index (χ2n) is 4.56. The fraction of sp³-hybridized carbons (Fsp3) is 0.294. The molecule has 0 spiro atoms. The minimum atomic E-state index is 0.155. The highest BCUT2D eigenvalue weighted by molar-refractivity contribution is 5.42. The predicted octanol–water partition coefficient (Wildman–Crippen LogP) is 3.57. The van der Waals surface area contributed by atoms with Gasteiger partial charge in [0.2, 0.25) is 0 Å². The van der Waals surface area contributed by atoms with Gasteiger partial charge in [-0.05, 0) is 30.7 Å². The molecule has 0 saturated heterocycles. The van der Waals surface area contributed by atoms with Crippen LogP contribution in [0.3, 0.4) is 0 Å². The molecule has 2 aromatic rings. The van der Waals surface area contributed by atoms with Gasteiger partial charge in [0, 0.05) is 5.56 Å². The van der Waals surface area contributed by atoms with Gasteiger partial charge in [0.1, 0.15) is 5.75 Å². The van der Waals surface area contributed by atoms with Crippen LogP contribution in [0.2, 0.25) is 0 Å². The minimum Gasteiger partial charge on any atom is -0.496 e. The summed E-state index contributed by atoms with van der Waals surface area (Å²) in [5, 5.41) is 3.37. The largest absolute Gasteiger partial charge is 0.496 e. The van der Waals surface area contributed by atoms with Crippen LogP contribution in [0.25, 0.3) is 0 Å². The van der Waals surface area contributed by atoms with E-state index in [1.165, 1.54) is 11.1 Å². The van der Waals surface area contributed by atoms with E-state index in [4.69, 9.17) is 4.74 Å². The number of methoxy groups -OCH3 is 1. The van der Waals surface area contributed by atoms with Gasteiger partial charge in [0.25, 0.3) is 0 Å². The molecule has 1 N–H and O–H groups in total. The first-order valence-electron chi connectivity index (χ1n) is 6.69. The molecule has 0 radical (unpaired) electrons. The normalized spacial score (nSPS) is 12.2. The minimum absolute atomic E-state index is 0.155. The number of benzene rings is 2. The zero-order valence-corrected chi connectivity index (χ0v) is 11.8.